The second-order valence-electron chi connectivity index (χ2n) is 4.58. The molecule has 6 nitrogen and oxygen atoms in total. The van der Waals surface area contributed by atoms with Crippen molar-refractivity contribution in [1.82, 2.24) is 0 Å². The van der Waals surface area contributed by atoms with E-state index in [-0.39, 0.29) is 0 Å². The minimum atomic E-state index is -1.43. The fourth-order valence-corrected chi connectivity index (χ4v) is 1.98. The zero-order valence-electron chi connectivity index (χ0n) is 10.5. The summed E-state index contributed by atoms with van der Waals surface area (Å²) in [7, 11) is 0. The molecule has 0 bridgehead atoms. The highest BCUT2D eigenvalue weighted by Gasteiger charge is 2.44. The van der Waals surface area contributed by atoms with E-state index < -0.39 is 37.3 Å². The lowest BCUT2D eigenvalue weighted by Crippen LogP contribution is -2.60. The molecular weight excluding hydrogens is 252 g/mol. The molecule has 0 saturated carbocycles. The van der Waals surface area contributed by atoms with Gasteiger partial charge in [0.15, 0.2) is 0 Å². The minimum Gasteiger partial charge on any atom is -0.462 e. The molecule has 6 heteroatoms. The Bertz CT molecular complexity index is 421. The van der Waals surface area contributed by atoms with E-state index >= 15 is 0 Å². The Morgan fingerprint density at radius 1 is 1.11 bits per heavy atom. The second kappa shape index (κ2) is 5.85. The van der Waals surface area contributed by atoms with Gasteiger partial charge in [-0.2, -0.15) is 0 Å². The van der Waals surface area contributed by atoms with Crippen LogP contribution < -0.4 is 4.74 Å². The third kappa shape index (κ3) is 2.88. The molecule has 2 rings (SSSR count). The number of aliphatic hydroxyl groups excluding tert-OH is 4. The van der Waals surface area contributed by atoms with Crippen molar-refractivity contribution in [3.63, 3.8) is 0 Å². The molecular formula is C13H18O6. The number of aryl methyl sites for hydroxylation is 1. The van der Waals surface area contributed by atoms with Crippen molar-refractivity contribution in [2.45, 2.75) is 37.6 Å². The van der Waals surface area contributed by atoms with Crippen LogP contribution in [0, 0.1) is 6.92 Å². The van der Waals surface area contributed by atoms with E-state index in [9.17, 15) is 15.3 Å². The number of benzene rings is 1. The molecule has 4 N–H and O–H groups in total. The number of hydrogen-bond donors (Lipinski definition) is 4. The summed E-state index contributed by atoms with van der Waals surface area (Å²) >= 11 is 0. The Hall–Kier alpha value is -1.18. The van der Waals surface area contributed by atoms with E-state index in [1.165, 1.54) is 0 Å². The first-order valence-corrected chi connectivity index (χ1v) is 6.07. The van der Waals surface area contributed by atoms with Crippen molar-refractivity contribution < 1.29 is 29.9 Å². The lowest BCUT2D eigenvalue weighted by molar-refractivity contribution is -0.277. The molecule has 1 aliphatic heterocycles. The molecule has 2 unspecified atom stereocenters. The highest BCUT2D eigenvalue weighted by molar-refractivity contribution is 5.31. The fourth-order valence-electron chi connectivity index (χ4n) is 1.98. The van der Waals surface area contributed by atoms with Crippen molar-refractivity contribution in [1.29, 1.82) is 0 Å². The summed E-state index contributed by atoms with van der Waals surface area (Å²) in [6, 6.07) is 7.15. The van der Waals surface area contributed by atoms with Gasteiger partial charge in [-0.3, -0.25) is 0 Å². The van der Waals surface area contributed by atoms with Gasteiger partial charge in [0.25, 0.3) is 0 Å². The first kappa shape index (κ1) is 14.2. The van der Waals surface area contributed by atoms with Crippen LogP contribution in [0.15, 0.2) is 24.3 Å². The van der Waals surface area contributed by atoms with Crippen molar-refractivity contribution >= 4 is 0 Å². The number of rotatable bonds is 3. The van der Waals surface area contributed by atoms with Gasteiger partial charge >= 0.3 is 0 Å². The molecule has 1 heterocycles. The van der Waals surface area contributed by atoms with Gasteiger partial charge in [-0.1, -0.05) is 18.2 Å². The van der Waals surface area contributed by atoms with Gasteiger partial charge in [-0.15, -0.1) is 0 Å². The van der Waals surface area contributed by atoms with Crippen molar-refractivity contribution in [3.8, 4) is 5.75 Å². The first-order chi connectivity index (χ1) is 9.04. The predicted octanol–water partition coefficient (Wildman–Crippen LogP) is -0.826. The fraction of sp³-hybridized carbons (Fsp3) is 0.538. The topological polar surface area (TPSA) is 99.4 Å². The highest BCUT2D eigenvalue weighted by atomic mass is 16.7. The highest BCUT2D eigenvalue weighted by Crippen LogP contribution is 2.25. The zero-order chi connectivity index (χ0) is 14.0. The molecule has 1 aromatic rings. The first-order valence-electron chi connectivity index (χ1n) is 6.07. The minimum absolute atomic E-state index is 0.474. The van der Waals surface area contributed by atoms with Crippen LogP contribution in [-0.4, -0.2) is 57.7 Å². The molecule has 0 radical (unpaired) electrons. The van der Waals surface area contributed by atoms with Crippen LogP contribution in [0.2, 0.25) is 0 Å². The molecule has 1 aliphatic rings. The molecule has 0 amide bonds. The zero-order valence-corrected chi connectivity index (χ0v) is 10.5. The van der Waals surface area contributed by atoms with Crippen LogP contribution in [0.25, 0.3) is 0 Å². The second-order valence-corrected chi connectivity index (χ2v) is 4.58. The maximum Gasteiger partial charge on any atom is 0.229 e. The van der Waals surface area contributed by atoms with E-state index in [2.05, 4.69) is 0 Å². The van der Waals surface area contributed by atoms with E-state index in [0.717, 1.165) is 5.56 Å². The van der Waals surface area contributed by atoms with E-state index in [0.29, 0.717) is 5.75 Å². The Labute approximate surface area is 110 Å². The quantitative estimate of drug-likeness (QED) is 0.572. The molecule has 5 atom stereocenters. The lowest BCUT2D eigenvalue weighted by atomic mass is 9.99. The normalized spacial score (nSPS) is 35.1. The summed E-state index contributed by atoms with van der Waals surface area (Å²) < 4.78 is 10.8. The SMILES string of the molecule is Cc1ccccc1O[C@@H]1OC(CO)[C@H](O)[C@H](O)C1O. The summed E-state index contributed by atoms with van der Waals surface area (Å²) in [4.78, 5) is 0. The van der Waals surface area contributed by atoms with Crippen LogP contribution in [0.5, 0.6) is 5.75 Å². The van der Waals surface area contributed by atoms with Gasteiger partial charge in [-0.05, 0) is 18.6 Å². The molecule has 0 spiro atoms. The standard InChI is InChI=1S/C13H18O6/c1-7-4-2-3-5-8(7)18-13-12(17)11(16)10(15)9(6-14)19-13/h2-5,9-17H,6H2,1H3/t9?,10-,11-,12?,13+/m0/s1. The van der Waals surface area contributed by atoms with Gasteiger partial charge in [-0.25, -0.2) is 0 Å². The van der Waals surface area contributed by atoms with E-state index in [1.54, 1.807) is 12.1 Å². The molecule has 106 valence electrons. The third-order valence-corrected chi connectivity index (χ3v) is 3.19. The van der Waals surface area contributed by atoms with Crippen molar-refractivity contribution in [3.05, 3.63) is 29.8 Å². The monoisotopic (exact) mass is 270 g/mol. The summed E-state index contributed by atoms with van der Waals surface area (Å²) in [5, 5.41) is 38.2. The Morgan fingerprint density at radius 2 is 1.79 bits per heavy atom. The Kier molecular flexibility index (Phi) is 4.38. The Morgan fingerprint density at radius 3 is 2.42 bits per heavy atom. The average Bonchev–Trinajstić information content (AvgIpc) is 2.41. The van der Waals surface area contributed by atoms with Crippen LogP contribution in [0.3, 0.4) is 0 Å². The smallest absolute Gasteiger partial charge is 0.229 e. The number of hydrogen-bond acceptors (Lipinski definition) is 6. The number of para-hydroxylation sites is 1. The number of aliphatic hydroxyl groups is 4. The molecule has 0 aromatic heterocycles. The molecule has 1 fully saturated rings. The summed E-state index contributed by atoms with van der Waals surface area (Å²) in [5.41, 5.74) is 0.847. The average molecular weight is 270 g/mol. The number of ether oxygens (including phenoxy) is 2. The van der Waals surface area contributed by atoms with Gasteiger partial charge in [0.2, 0.25) is 6.29 Å². The molecule has 0 aliphatic carbocycles. The van der Waals surface area contributed by atoms with Crippen LogP contribution in [0.4, 0.5) is 0 Å². The maximum atomic E-state index is 9.83. The van der Waals surface area contributed by atoms with Gasteiger partial charge < -0.3 is 29.9 Å². The largest absolute Gasteiger partial charge is 0.462 e. The van der Waals surface area contributed by atoms with Crippen LogP contribution >= 0.6 is 0 Å². The molecule has 19 heavy (non-hydrogen) atoms. The predicted molar refractivity (Wildman–Crippen MR) is 65.6 cm³/mol. The van der Waals surface area contributed by atoms with Crippen molar-refractivity contribution in [2.24, 2.45) is 0 Å². The maximum absolute atomic E-state index is 9.83. The third-order valence-electron chi connectivity index (χ3n) is 3.19. The van der Waals surface area contributed by atoms with Crippen molar-refractivity contribution in [2.75, 3.05) is 6.61 Å². The molecule has 1 aromatic carbocycles. The summed E-state index contributed by atoms with van der Waals surface area (Å²) in [6.45, 7) is 1.36. The summed E-state index contributed by atoms with van der Waals surface area (Å²) in [6.07, 6.45) is -6.31. The van der Waals surface area contributed by atoms with Crippen LogP contribution in [0.1, 0.15) is 5.56 Å². The molecule has 1 saturated heterocycles. The Balaban J connectivity index is 2.13. The van der Waals surface area contributed by atoms with Gasteiger partial charge in [0.1, 0.15) is 30.2 Å². The van der Waals surface area contributed by atoms with Gasteiger partial charge in [0, 0.05) is 0 Å². The van der Waals surface area contributed by atoms with Gasteiger partial charge in [0.05, 0.1) is 6.61 Å². The van der Waals surface area contributed by atoms with E-state index in [4.69, 9.17) is 14.6 Å². The van der Waals surface area contributed by atoms with E-state index in [1.807, 2.05) is 19.1 Å². The van der Waals surface area contributed by atoms with Crippen LogP contribution in [-0.2, 0) is 4.74 Å². The summed E-state index contributed by atoms with van der Waals surface area (Å²) in [5.74, 6) is 0.506. The lowest BCUT2D eigenvalue weighted by Gasteiger charge is -2.39.